The number of benzene rings is 1. The number of amides is 1. The van der Waals surface area contributed by atoms with Crippen LogP contribution < -0.4 is 4.90 Å². The van der Waals surface area contributed by atoms with Crippen molar-refractivity contribution in [1.82, 2.24) is 9.55 Å². The second-order valence-corrected chi connectivity index (χ2v) is 8.86. The van der Waals surface area contributed by atoms with Crippen molar-refractivity contribution in [2.75, 3.05) is 11.4 Å². The molecular weight excluding hydrogens is 342 g/mol. The molecule has 1 amide bonds. The van der Waals surface area contributed by atoms with E-state index in [1.54, 1.807) is 11.8 Å². The van der Waals surface area contributed by atoms with Gasteiger partial charge in [-0.15, -0.1) is 0 Å². The maximum Gasteiger partial charge on any atom is 0.240 e. The summed E-state index contributed by atoms with van der Waals surface area (Å²) in [5, 5.41) is 0.799. The van der Waals surface area contributed by atoms with Crippen LogP contribution in [0.2, 0.25) is 0 Å². The molecule has 0 radical (unpaired) electrons. The first-order valence-electron chi connectivity index (χ1n) is 9.48. The molecule has 140 valence electrons. The van der Waals surface area contributed by atoms with Crippen molar-refractivity contribution in [2.24, 2.45) is 5.92 Å². The maximum absolute atomic E-state index is 13.2. The third kappa shape index (κ3) is 3.83. The van der Waals surface area contributed by atoms with Crippen molar-refractivity contribution < 1.29 is 4.79 Å². The number of nitrogens with zero attached hydrogens (tertiary/aromatic N) is 3. The van der Waals surface area contributed by atoms with Gasteiger partial charge >= 0.3 is 0 Å². The number of rotatable bonds is 5. The van der Waals surface area contributed by atoms with Crippen LogP contribution in [0, 0.1) is 19.8 Å². The summed E-state index contributed by atoms with van der Waals surface area (Å²) < 4.78 is 2.26. The molecule has 1 aliphatic rings. The van der Waals surface area contributed by atoms with E-state index in [4.69, 9.17) is 4.98 Å². The van der Waals surface area contributed by atoms with Gasteiger partial charge in [-0.05, 0) is 51.2 Å². The highest BCUT2D eigenvalue weighted by atomic mass is 32.2. The summed E-state index contributed by atoms with van der Waals surface area (Å²) in [6, 6.07) is 8.27. The number of aromatic nitrogens is 2. The normalized spacial score (nSPS) is 15.2. The molecule has 1 aromatic carbocycles. The number of carbonyl (C=O) groups excluding carboxylic acids is 1. The number of hydrogen-bond acceptors (Lipinski definition) is 3. The average molecular weight is 372 g/mol. The first-order valence-corrected chi connectivity index (χ1v) is 10.4. The van der Waals surface area contributed by atoms with Crippen LogP contribution in [0.15, 0.2) is 29.4 Å². The predicted molar refractivity (Wildman–Crippen MR) is 109 cm³/mol. The van der Waals surface area contributed by atoms with Gasteiger partial charge in [0.2, 0.25) is 5.91 Å². The van der Waals surface area contributed by atoms with Crippen molar-refractivity contribution in [3.63, 3.8) is 0 Å². The van der Waals surface area contributed by atoms with Gasteiger partial charge in [0.05, 0.1) is 10.9 Å². The van der Waals surface area contributed by atoms with E-state index in [9.17, 15) is 4.79 Å². The zero-order valence-electron chi connectivity index (χ0n) is 16.5. The van der Waals surface area contributed by atoms with Crippen molar-refractivity contribution in [3.8, 4) is 0 Å². The Hall–Kier alpha value is -1.75. The Morgan fingerprint density at radius 1 is 1.23 bits per heavy atom. The smallest absolute Gasteiger partial charge is 0.240 e. The lowest BCUT2D eigenvalue weighted by Gasteiger charge is -2.31. The van der Waals surface area contributed by atoms with Crippen LogP contribution in [-0.4, -0.2) is 27.3 Å². The lowest BCUT2D eigenvalue weighted by molar-refractivity contribution is -0.117. The van der Waals surface area contributed by atoms with Gasteiger partial charge < -0.3 is 9.47 Å². The van der Waals surface area contributed by atoms with Crippen LogP contribution in [0.1, 0.15) is 44.1 Å². The van der Waals surface area contributed by atoms with E-state index in [2.05, 4.69) is 43.5 Å². The summed E-state index contributed by atoms with van der Waals surface area (Å²) in [5.41, 5.74) is 4.60. The van der Waals surface area contributed by atoms with Crippen LogP contribution in [0.3, 0.4) is 0 Å². The summed E-state index contributed by atoms with van der Waals surface area (Å²) in [7, 11) is 0. The van der Waals surface area contributed by atoms with Gasteiger partial charge in [-0.2, -0.15) is 0 Å². The number of fused-ring (bicyclic) bond motifs is 1. The Morgan fingerprint density at radius 2 is 1.96 bits per heavy atom. The van der Waals surface area contributed by atoms with Crippen molar-refractivity contribution in [2.45, 2.75) is 64.4 Å². The quantitative estimate of drug-likeness (QED) is 0.720. The lowest BCUT2D eigenvalue weighted by atomic mass is 10.0. The van der Waals surface area contributed by atoms with Crippen molar-refractivity contribution >= 4 is 23.4 Å². The van der Waals surface area contributed by atoms with Crippen LogP contribution in [0.25, 0.3) is 0 Å². The van der Waals surface area contributed by atoms with Crippen molar-refractivity contribution in [1.29, 1.82) is 0 Å². The number of aryl methyl sites for hydroxylation is 2. The Kier molecular flexibility index (Phi) is 5.76. The number of thioether (sulfide) groups is 1. The number of anilines is 1. The highest BCUT2D eigenvalue weighted by molar-refractivity contribution is 8.00. The minimum atomic E-state index is -0.159. The molecule has 4 nitrogen and oxygen atoms in total. The van der Waals surface area contributed by atoms with E-state index in [0.29, 0.717) is 5.92 Å². The molecule has 1 aliphatic heterocycles. The molecule has 0 aliphatic carbocycles. The van der Waals surface area contributed by atoms with E-state index in [0.717, 1.165) is 42.5 Å². The third-order valence-corrected chi connectivity index (χ3v) is 6.05. The predicted octanol–water partition coefficient (Wildman–Crippen LogP) is 4.62. The number of hydrogen-bond donors (Lipinski definition) is 0. The molecule has 1 aromatic heterocycles. The molecule has 0 saturated carbocycles. The molecule has 2 heterocycles. The van der Waals surface area contributed by atoms with Crippen LogP contribution in [0.5, 0.6) is 0 Å². The summed E-state index contributed by atoms with van der Waals surface area (Å²) in [4.78, 5) is 19.9. The molecule has 0 N–H and O–H groups in total. The standard InChI is InChI=1S/C21H29N3OS/c1-14(2)13-24-16(4)15(3)22-21(24)26-17(5)20(25)23-12-8-10-18-9-6-7-11-19(18)23/h6-7,9,11,14,17H,8,10,12-13H2,1-5H3. The van der Waals surface area contributed by atoms with Gasteiger partial charge in [0, 0.05) is 24.5 Å². The monoisotopic (exact) mass is 371 g/mol. The average Bonchev–Trinajstić information content (AvgIpc) is 2.87. The molecule has 5 heteroatoms. The highest BCUT2D eigenvalue weighted by Gasteiger charge is 2.28. The first kappa shape index (κ1) is 19.0. The summed E-state index contributed by atoms with van der Waals surface area (Å²) >= 11 is 1.58. The van der Waals surface area contributed by atoms with Gasteiger partial charge in [0.25, 0.3) is 0 Å². The molecule has 1 atom stereocenters. The zero-order chi connectivity index (χ0) is 18.8. The molecule has 2 aromatic rings. The third-order valence-electron chi connectivity index (χ3n) is 4.98. The molecule has 3 rings (SSSR count). The fourth-order valence-corrected chi connectivity index (χ4v) is 4.56. The Bertz CT molecular complexity index is 797. The Balaban J connectivity index is 1.80. The molecule has 0 fully saturated rings. The second-order valence-electron chi connectivity index (χ2n) is 7.55. The zero-order valence-corrected chi connectivity index (χ0v) is 17.3. The lowest BCUT2D eigenvalue weighted by Crippen LogP contribution is -2.40. The highest BCUT2D eigenvalue weighted by Crippen LogP contribution is 2.31. The van der Waals surface area contributed by atoms with E-state index < -0.39 is 0 Å². The largest absolute Gasteiger partial charge is 0.323 e. The van der Waals surface area contributed by atoms with E-state index in [1.165, 1.54) is 11.3 Å². The van der Waals surface area contributed by atoms with Gasteiger partial charge in [-0.1, -0.05) is 43.8 Å². The van der Waals surface area contributed by atoms with E-state index in [-0.39, 0.29) is 11.2 Å². The maximum atomic E-state index is 13.2. The van der Waals surface area contributed by atoms with Gasteiger partial charge in [0.1, 0.15) is 0 Å². The summed E-state index contributed by atoms with van der Waals surface area (Å²) in [6.45, 7) is 12.3. The van der Waals surface area contributed by atoms with Gasteiger partial charge in [-0.25, -0.2) is 4.98 Å². The molecule has 1 unspecified atom stereocenters. The molecule has 0 saturated heterocycles. The van der Waals surface area contributed by atoms with Crippen LogP contribution in [-0.2, 0) is 17.8 Å². The van der Waals surface area contributed by atoms with Gasteiger partial charge in [-0.3, -0.25) is 4.79 Å². The van der Waals surface area contributed by atoms with Crippen molar-refractivity contribution in [3.05, 3.63) is 41.2 Å². The minimum Gasteiger partial charge on any atom is -0.323 e. The van der Waals surface area contributed by atoms with E-state index >= 15 is 0 Å². The summed E-state index contributed by atoms with van der Waals surface area (Å²) in [5.74, 6) is 0.721. The number of carbonyl (C=O) groups is 1. The Morgan fingerprint density at radius 3 is 2.69 bits per heavy atom. The summed E-state index contributed by atoms with van der Waals surface area (Å²) in [6.07, 6.45) is 2.08. The molecule has 0 bridgehead atoms. The first-order chi connectivity index (χ1) is 12.4. The fourth-order valence-electron chi connectivity index (χ4n) is 3.48. The molecule has 0 spiro atoms. The molecule has 26 heavy (non-hydrogen) atoms. The second kappa shape index (κ2) is 7.87. The fraction of sp³-hybridized carbons (Fsp3) is 0.524. The van der Waals surface area contributed by atoms with Gasteiger partial charge in [0.15, 0.2) is 5.16 Å². The topological polar surface area (TPSA) is 38.1 Å². The number of para-hydroxylation sites is 1. The minimum absolute atomic E-state index is 0.159. The van der Waals surface area contributed by atoms with Crippen LogP contribution >= 0.6 is 11.8 Å². The van der Waals surface area contributed by atoms with Crippen LogP contribution in [0.4, 0.5) is 5.69 Å². The molecular formula is C21H29N3OS. The SMILES string of the molecule is Cc1nc(SC(C)C(=O)N2CCCc3ccccc32)n(CC(C)C)c1C. The number of imidazole rings is 1. The van der Waals surface area contributed by atoms with E-state index in [1.807, 2.05) is 24.8 Å². The Labute approximate surface area is 161 Å².